The molecule has 510 valence electrons. The average molecular weight is 1320 g/mol. The SMILES string of the molecule is CC[C@H](C)[C@@H]1NC(=O)[C@H](CC(C)C)N(C)C(=O)C[C@@H](C)N(C)C(=O)[C@H](C(C)C)N(C)C(=O)C2(CCCC2)NC(=O)[C@@H]2CCCN2C(=O)[C@H](CCc2ccc(C(F)(F)F)c(Cl)c2)NC(=O)CN(C)C(=O)[C@H](Cc2ccc(F)cc2)N(C)C(=O)CN(C)C(=O)CN(C)C1=O. The minimum absolute atomic E-state index is 0.0205. The van der Waals surface area contributed by atoms with E-state index in [0.717, 1.165) is 43.9 Å². The molecule has 2 saturated heterocycles. The number of carbonyl (C=O) groups is 11. The first-order valence-corrected chi connectivity index (χ1v) is 31.9. The van der Waals surface area contributed by atoms with E-state index in [1.165, 1.54) is 87.1 Å². The molecule has 3 N–H and O–H groups in total. The molecule has 2 aromatic rings. The highest BCUT2D eigenvalue weighted by molar-refractivity contribution is 6.31. The number of halogens is 5. The maximum atomic E-state index is 15.1. The van der Waals surface area contributed by atoms with Gasteiger partial charge in [0.15, 0.2) is 0 Å². The fourth-order valence-electron chi connectivity index (χ4n) is 12.3. The topological polar surface area (TPSA) is 250 Å². The Hall–Kier alpha value is -7.38. The third kappa shape index (κ3) is 18.9. The Kier molecular flexibility index (Phi) is 26.6. The molecule has 2 aliphatic heterocycles. The molecule has 0 bridgehead atoms. The van der Waals surface area contributed by atoms with E-state index in [2.05, 4.69) is 16.0 Å². The van der Waals surface area contributed by atoms with Crippen LogP contribution in [0.15, 0.2) is 42.5 Å². The van der Waals surface area contributed by atoms with Gasteiger partial charge in [-0.25, -0.2) is 4.39 Å². The second kappa shape index (κ2) is 32.5. The Morgan fingerprint density at radius 3 is 1.82 bits per heavy atom. The summed E-state index contributed by atoms with van der Waals surface area (Å²) in [4.78, 5) is 169. The Labute approximate surface area is 542 Å². The van der Waals surface area contributed by atoms with Gasteiger partial charge in [0.2, 0.25) is 65.0 Å². The van der Waals surface area contributed by atoms with Gasteiger partial charge in [0.05, 0.1) is 30.2 Å². The summed E-state index contributed by atoms with van der Waals surface area (Å²) in [6, 6.07) is 0.0140. The number of amides is 11. The van der Waals surface area contributed by atoms with E-state index >= 15 is 4.79 Å². The van der Waals surface area contributed by atoms with Crippen molar-refractivity contribution in [3.8, 4) is 0 Å². The number of benzene rings is 2. The number of rotatable bonds is 10. The molecule has 3 aliphatic rings. The number of aryl methyl sites for hydroxylation is 1. The van der Waals surface area contributed by atoms with Crippen LogP contribution in [0.25, 0.3) is 0 Å². The summed E-state index contributed by atoms with van der Waals surface area (Å²) in [5.74, 6) is -9.08. The smallest absolute Gasteiger partial charge is 0.343 e. The van der Waals surface area contributed by atoms with Crippen molar-refractivity contribution in [1.82, 2.24) is 55.1 Å². The maximum absolute atomic E-state index is 15.1. The molecule has 11 amide bonds. The van der Waals surface area contributed by atoms with E-state index in [-0.39, 0.29) is 69.4 Å². The van der Waals surface area contributed by atoms with Crippen LogP contribution in [0, 0.1) is 23.6 Å². The second-order valence-electron chi connectivity index (χ2n) is 26.1. The predicted octanol–water partition coefficient (Wildman–Crippen LogP) is 4.92. The van der Waals surface area contributed by atoms with Crippen molar-refractivity contribution < 1.29 is 70.3 Å². The summed E-state index contributed by atoms with van der Waals surface area (Å²) in [7, 11) is 9.70. The summed E-state index contributed by atoms with van der Waals surface area (Å²) >= 11 is 6.10. The van der Waals surface area contributed by atoms with Crippen molar-refractivity contribution in [2.45, 2.75) is 180 Å². The number of fused-ring (bicyclic) bond motifs is 1. The Morgan fingerprint density at radius 1 is 0.652 bits per heavy atom. The number of carbonyl (C=O) groups excluding carboxylic acids is 11. The van der Waals surface area contributed by atoms with E-state index in [4.69, 9.17) is 11.6 Å². The van der Waals surface area contributed by atoms with E-state index in [1.807, 2.05) is 20.8 Å². The van der Waals surface area contributed by atoms with Crippen molar-refractivity contribution in [3.05, 3.63) is 70.0 Å². The zero-order valence-electron chi connectivity index (χ0n) is 55.6. The lowest BCUT2D eigenvalue weighted by atomic mass is 9.91. The fraction of sp³-hybridized carbons (Fsp3) is 0.646. The van der Waals surface area contributed by atoms with E-state index in [9.17, 15) is 65.5 Å². The second-order valence-corrected chi connectivity index (χ2v) is 26.5. The molecule has 8 atom stereocenters. The van der Waals surface area contributed by atoms with Gasteiger partial charge in [-0.3, -0.25) is 52.7 Å². The lowest BCUT2D eigenvalue weighted by molar-refractivity contribution is -0.152. The molecule has 92 heavy (non-hydrogen) atoms. The minimum atomic E-state index is -4.77. The van der Waals surface area contributed by atoms with E-state index < -0.39 is 167 Å². The number of likely N-dealkylation sites (N-methyl/N-ethyl adjacent to an activating group) is 7. The number of alkyl halides is 3. The van der Waals surface area contributed by atoms with Crippen LogP contribution in [0.5, 0.6) is 0 Å². The van der Waals surface area contributed by atoms with Crippen molar-refractivity contribution >= 4 is 76.6 Å². The van der Waals surface area contributed by atoms with E-state index in [1.54, 1.807) is 27.7 Å². The highest BCUT2D eigenvalue weighted by Gasteiger charge is 2.50. The molecule has 1 aliphatic carbocycles. The van der Waals surface area contributed by atoms with Crippen molar-refractivity contribution in [1.29, 1.82) is 0 Å². The molecule has 2 aromatic carbocycles. The standard InChI is InChI=1S/C65H94ClF4N11O11/c1-15-40(6)55-61(90)76(10)36-53(84)74(8)37-54(85)79(13)50(34-43-20-24-44(67)25-21-43)60(89)75(9)35-51(82)71-47(27-23-42-22-26-45(46(66)33-42)65(68,69)70)59(88)81-30-18-19-48(81)58(87)73-64(28-16-17-29-64)63(92)80(14)56(39(4)5)62(91)77(11)41(7)32-52(83)78(12)49(31-38(2)3)57(86)72-55/h20-22,24-26,33,38-41,47-50,55-56H,15-19,23,27-32,34-37H2,1-14H3,(H,71,82)(H,72,86)(H,73,87)/t40-,41+,47-,48-,49-,50-,55-,56-/m0/s1. The van der Waals surface area contributed by atoms with Gasteiger partial charge in [-0.2, -0.15) is 13.2 Å². The zero-order valence-corrected chi connectivity index (χ0v) is 56.3. The van der Waals surface area contributed by atoms with Gasteiger partial charge in [0.25, 0.3) is 0 Å². The molecular weight excluding hydrogens is 1220 g/mol. The Bertz CT molecular complexity index is 3020. The van der Waals surface area contributed by atoms with Gasteiger partial charge in [-0.1, -0.05) is 90.6 Å². The van der Waals surface area contributed by atoms with E-state index in [0.29, 0.717) is 31.2 Å². The van der Waals surface area contributed by atoms with Crippen LogP contribution >= 0.6 is 11.6 Å². The third-order valence-electron chi connectivity index (χ3n) is 18.3. The molecule has 1 spiro atoms. The van der Waals surface area contributed by atoms with Crippen LogP contribution in [0.1, 0.15) is 129 Å². The van der Waals surface area contributed by atoms with Gasteiger partial charge >= 0.3 is 6.18 Å². The number of nitrogens with one attached hydrogen (secondary N) is 3. The third-order valence-corrected chi connectivity index (χ3v) is 18.6. The molecule has 22 nitrogen and oxygen atoms in total. The molecule has 1 saturated carbocycles. The first-order chi connectivity index (χ1) is 42.9. The summed E-state index contributed by atoms with van der Waals surface area (Å²) in [6.45, 7) is 10.6. The average Bonchev–Trinajstić information content (AvgIpc) is 1.50. The molecular formula is C65H94ClF4N11O11. The molecule has 0 radical (unpaired) electrons. The van der Waals surface area contributed by atoms with Gasteiger partial charge in [0.1, 0.15) is 47.6 Å². The largest absolute Gasteiger partial charge is 0.417 e. The van der Waals surface area contributed by atoms with Gasteiger partial charge in [-0.05, 0) is 105 Å². The van der Waals surface area contributed by atoms with Gasteiger partial charge in [0, 0.05) is 74.8 Å². The Morgan fingerprint density at radius 2 is 1.24 bits per heavy atom. The van der Waals surface area contributed by atoms with Crippen LogP contribution in [-0.2, 0) is 71.8 Å². The van der Waals surface area contributed by atoms with Crippen LogP contribution in [-0.4, -0.2) is 228 Å². The van der Waals surface area contributed by atoms with Crippen LogP contribution < -0.4 is 16.0 Å². The first kappa shape index (κ1) is 75.3. The monoisotopic (exact) mass is 1320 g/mol. The van der Waals surface area contributed by atoms with Crippen molar-refractivity contribution in [2.24, 2.45) is 17.8 Å². The van der Waals surface area contributed by atoms with Crippen LogP contribution in [0.3, 0.4) is 0 Å². The molecule has 5 rings (SSSR count). The quantitative estimate of drug-likeness (QED) is 0.270. The van der Waals surface area contributed by atoms with Crippen LogP contribution in [0.2, 0.25) is 5.02 Å². The summed E-state index contributed by atoms with van der Waals surface area (Å²) in [6.07, 6.45) is -3.10. The van der Waals surface area contributed by atoms with Gasteiger partial charge in [-0.15, -0.1) is 0 Å². The van der Waals surface area contributed by atoms with Gasteiger partial charge < -0.3 is 55.1 Å². The number of nitrogens with zero attached hydrogens (tertiary/aromatic N) is 8. The molecule has 0 aromatic heterocycles. The van der Waals surface area contributed by atoms with Crippen molar-refractivity contribution in [2.75, 3.05) is 75.5 Å². The molecule has 2 heterocycles. The predicted molar refractivity (Wildman–Crippen MR) is 336 cm³/mol. The highest BCUT2D eigenvalue weighted by Crippen LogP contribution is 2.36. The molecule has 27 heteroatoms. The van der Waals surface area contributed by atoms with Crippen molar-refractivity contribution in [3.63, 3.8) is 0 Å². The maximum Gasteiger partial charge on any atom is 0.417 e. The minimum Gasteiger partial charge on any atom is -0.343 e. The molecule has 3 fully saturated rings. The highest BCUT2D eigenvalue weighted by atomic mass is 35.5. The normalized spacial score (nSPS) is 24.9. The lowest BCUT2D eigenvalue weighted by Gasteiger charge is -2.41. The molecule has 0 unspecified atom stereocenters. The summed E-state index contributed by atoms with van der Waals surface area (Å²) < 4.78 is 55.5. The Balaban J connectivity index is 1.57. The summed E-state index contributed by atoms with van der Waals surface area (Å²) in [5, 5.41) is 7.94. The lowest BCUT2D eigenvalue weighted by Crippen LogP contribution is -2.64. The first-order valence-electron chi connectivity index (χ1n) is 31.6. The fourth-order valence-corrected chi connectivity index (χ4v) is 12.6. The number of hydrogen-bond donors (Lipinski definition) is 3. The number of hydrogen-bond acceptors (Lipinski definition) is 11. The van der Waals surface area contributed by atoms with Crippen LogP contribution in [0.4, 0.5) is 17.6 Å². The summed E-state index contributed by atoms with van der Waals surface area (Å²) in [5.41, 5.74) is -1.94. The zero-order chi connectivity index (χ0) is 69.0.